The van der Waals surface area contributed by atoms with Crippen LogP contribution in [0.2, 0.25) is 0 Å². The summed E-state index contributed by atoms with van der Waals surface area (Å²) in [5, 5.41) is 12.1. The van der Waals surface area contributed by atoms with E-state index in [-0.39, 0.29) is 0 Å². The lowest BCUT2D eigenvalue weighted by molar-refractivity contribution is 1.07. The Kier molecular flexibility index (Phi) is 4.50. The first-order chi connectivity index (χ1) is 10.5. The van der Waals surface area contributed by atoms with Crippen molar-refractivity contribution in [1.82, 2.24) is 0 Å². The van der Waals surface area contributed by atoms with Crippen molar-refractivity contribution in [2.45, 2.75) is 0 Å². The molecule has 22 heavy (non-hydrogen) atoms. The summed E-state index contributed by atoms with van der Waals surface area (Å²) in [6.45, 7) is 7.85. The molecule has 4 nitrogen and oxygen atoms in total. The van der Waals surface area contributed by atoms with Crippen LogP contribution in [0.1, 0.15) is 11.1 Å². The summed E-state index contributed by atoms with van der Waals surface area (Å²) in [4.78, 5) is 1.81. The van der Waals surface area contributed by atoms with E-state index in [0.29, 0.717) is 11.4 Å². The minimum absolute atomic E-state index is 0.457. The number of nitriles is 1. The maximum atomic E-state index is 8.82. The predicted molar refractivity (Wildman–Crippen MR) is 92.0 cm³/mol. The second-order valence-electron chi connectivity index (χ2n) is 4.86. The van der Waals surface area contributed by atoms with Gasteiger partial charge in [-0.3, -0.25) is 0 Å². The molecule has 0 atom stereocenters. The van der Waals surface area contributed by atoms with Gasteiger partial charge in [0.25, 0.3) is 0 Å². The number of rotatable bonds is 5. The lowest BCUT2D eigenvalue weighted by Gasteiger charge is -2.23. The Balaban J connectivity index is 2.26. The number of benzene rings is 2. The van der Waals surface area contributed by atoms with Crippen molar-refractivity contribution in [3.63, 3.8) is 0 Å². The van der Waals surface area contributed by atoms with E-state index in [1.165, 1.54) is 0 Å². The van der Waals surface area contributed by atoms with Crippen LogP contribution in [0.4, 0.5) is 11.4 Å². The molecular formula is C18H18N4. The van der Waals surface area contributed by atoms with Gasteiger partial charge in [-0.2, -0.15) is 5.26 Å². The molecule has 4 heteroatoms. The lowest BCUT2D eigenvalue weighted by atomic mass is 10.1. The number of hydrogen-bond acceptors (Lipinski definition) is 4. The maximum absolute atomic E-state index is 8.82. The zero-order valence-electron chi connectivity index (χ0n) is 12.5. The van der Waals surface area contributed by atoms with Crippen molar-refractivity contribution in [2.75, 3.05) is 17.3 Å². The highest BCUT2D eigenvalue weighted by Gasteiger charge is 2.10. The molecule has 0 saturated carbocycles. The summed E-state index contributed by atoms with van der Waals surface area (Å²) < 4.78 is 0. The van der Waals surface area contributed by atoms with Crippen molar-refractivity contribution in [3.05, 3.63) is 78.6 Å². The highest BCUT2D eigenvalue weighted by atomic mass is 15.2. The molecule has 0 unspecified atom stereocenters. The topological polar surface area (TPSA) is 65.1 Å². The second-order valence-corrected chi connectivity index (χ2v) is 4.86. The summed E-state index contributed by atoms with van der Waals surface area (Å²) in [5.41, 5.74) is 9.85. The van der Waals surface area contributed by atoms with Crippen molar-refractivity contribution in [1.29, 1.82) is 5.26 Å². The monoisotopic (exact) mass is 290 g/mol. The fourth-order valence-corrected chi connectivity index (χ4v) is 2.05. The summed E-state index contributed by atoms with van der Waals surface area (Å²) in [6, 6.07) is 17.1. The van der Waals surface area contributed by atoms with Gasteiger partial charge < -0.3 is 16.0 Å². The largest absolute Gasteiger partial charge is 0.386 e. The van der Waals surface area contributed by atoms with Crippen LogP contribution in [0.15, 0.2) is 67.5 Å². The first-order valence-corrected chi connectivity index (χ1v) is 6.76. The van der Waals surface area contributed by atoms with Gasteiger partial charge in [0, 0.05) is 24.0 Å². The van der Waals surface area contributed by atoms with Crippen LogP contribution in [0.5, 0.6) is 0 Å². The third kappa shape index (κ3) is 3.28. The van der Waals surface area contributed by atoms with E-state index < -0.39 is 0 Å². The van der Waals surface area contributed by atoms with E-state index >= 15 is 0 Å². The van der Waals surface area contributed by atoms with E-state index in [2.05, 4.69) is 24.5 Å². The standard InChI is InChI=1S/C18H18N4/c1-13(21-16-10-8-15(12-19)9-11-16)17-6-4-5-7-18(17)22(3)14(2)20/h4-11,21H,1-2,20H2,3H3. The first kappa shape index (κ1) is 15.2. The zero-order chi connectivity index (χ0) is 16.1. The molecule has 2 rings (SSSR count). The summed E-state index contributed by atoms with van der Waals surface area (Å²) in [6.07, 6.45) is 0. The maximum Gasteiger partial charge on any atom is 0.0991 e. The van der Waals surface area contributed by atoms with Crippen molar-refractivity contribution >= 4 is 17.1 Å². The smallest absolute Gasteiger partial charge is 0.0991 e. The van der Waals surface area contributed by atoms with Gasteiger partial charge in [0.15, 0.2) is 0 Å². The number of nitrogens with two attached hydrogens (primary N) is 1. The zero-order valence-corrected chi connectivity index (χ0v) is 12.5. The molecule has 3 N–H and O–H groups in total. The molecule has 0 aliphatic rings. The number of anilines is 2. The van der Waals surface area contributed by atoms with E-state index in [1.807, 2.05) is 43.4 Å². The molecule has 0 saturated heterocycles. The fourth-order valence-electron chi connectivity index (χ4n) is 2.05. The molecular weight excluding hydrogens is 272 g/mol. The van der Waals surface area contributed by atoms with Gasteiger partial charge in [-0.15, -0.1) is 0 Å². The van der Waals surface area contributed by atoms with E-state index in [0.717, 1.165) is 22.6 Å². The van der Waals surface area contributed by atoms with Crippen LogP contribution in [-0.2, 0) is 0 Å². The molecule has 2 aromatic rings. The Morgan fingerprint density at radius 3 is 2.36 bits per heavy atom. The van der Waals surface area contributed by atoms with Crippen LogP contribution in [0.3, 0.4) is 0 Å². The summed E-state index contributed by atoms with van der Waals surface area (Å²) in [7, 11) is 1.86. The van der Waals surface area contributed by atoms with Gasteiger partial charge >= 0.3 is 0 Å². The Bertz CT molecular complexity index is 738. The molecule has 0 aromatic heterocycles. The van der Waals surface area contributed by atoms with Crippen molar-refractivity contribution < 1.29 is 0 Å². The molecule has 0 spiro atoms. The van der Waals surface area contributed by atoms with E-state index in [1.54, 1.807) is 17.0 Å². The van der Waals surface area contributed by atoms with E-state index in [4.69, 9.17) is 11.0 Å². The third-order valence-electron chi connectivity index (χ3n) is 3.33. The second kappa shape index (κ2) is 6.51. The van der Waals surface area contributed by atoms with Gasteiger partial charge in [0.1, 0.15) is 0 Å². The molecule has 0 radical (unpaired) electrons. The van der Waals surface area contributed by atoms with Gasteiger partial charge in [-0.25, -0.2) is 0 Å². The molecule has 0 aliphatic heterocycles. The molecule has 0 fully saturated rings. The Labute approximate surface area is 130 Å². The van der Waals surface area contributed by atoms with Crippen LogP contribution in [0, 0.1) is 11.3 Å². The van der Waals surface area contributed by atoms with Crippen LogP contribution in [-0.4, -0.2) is 7.05 Å². The first-order valence-electron chi connectivity index (χ1n) is 6.76. The van der Waals surface area contributed by atoms with Gasteiger partial charge in [-0.05, 0) is 30.3 Å². The highest BCUT2D eigenvalue weighted by molar-refractivity contribution is 5.83. The van der Waals surface area contributed by atoms with Crippen molar-refractivity contribution in [3.8, 4) is 6.07 Å². The van der Waals surface area contributed by atoms with Gasteiger partial charge in [-0.1, -0.05) is 31.4 Å². The van der Waals surface area contributed by atoms with Gasteiger partial charge in [0.05, 0.1) is 23.1 Å². The lowest BCUT2D eigenvalue weighted by Crippen LogP contribution is -2.22. The van der Waals surface area contributed by atoms with Crippen LogP contribution in [0.25, 0.3) is 5.70 Å². The normalized spacial score (nSPS) is 9.64. The molecule has 2 aromatic carbocycles. The Morgan fingerprint density at radius 1 is 1.14 bits per heavy atom. The van der Waals surface area contributed by atoms with Crippen LogP contribution < -0.4 is 16.0 Å². The number of nitrogens with zero attached hydrogens (tertiary/aromatic N) is 2. The minimum Gasteiger partial charge on any atom is -0.386 e. The van der Waals surface area contributed by atoms with Crippen molar-refractivity contribution in [2.24, 2.45) is 5.73 Å². The number of para-hydroxylation sites is 1. The summed E-state index contributed by atoms with van der Waals surface area (Å²) in [5.74, 6) is 0.457. The minimum atomic E-state index is 0.457. The fraction of sp³-hybridized carbons (Fsp3) is 0.0556. The molecule has 0 aliphatic carbocycles. The predicted octanol–water partition coefficient (Wildman–Crippen LogP) is 3.51. The third-order valence-corrected chi connectivity index (χ3v) is 3.33. The average Bonchev–Trinajstić information content (AvgIpc) is 2.54. The molecule has 0 heterocycles. The average molecular weight is 290 g/mol. The van der Waals surface area contributed by atoms with Crippen LogP contribution >= 0.6 is 0 Å². The SMILES string of the molecule is C=C(Nc1ccc(C#N)cc1)c1ccccc1N(C)C(=C)N. The quantitative estimate of drug-likeness (QED) is 0.884. The highest BCUT2D eigenvalue weighted by Crippen LogP contribution is 2.27. The van der Waals surface area contributed by atoms with Gasteiger partial charge in [0.2, 0.25) is 0 Å². The number of nitrogens with one attached hydrogen (secondary N) is 1. The summed E-state index contributed by atoms with van der Waals surface area (Å²) >= 11 is 0. The number of hydrogen-bond donors (Lipinski definition) is 2. The Morgan fingerprint density at radius 2 is 1.77 bits per heavy atom. The molecule has 0 bridgehead atoms. The molecule has 0 amide bonds. The van der Waals surface area contributed by atoms with E-state index in [9.17, 15) is 0 Å². The molecule has 110 valence electrons. The Hall–Kier alpha value is -3.19.